The van der Waals surface area contributed by atoms with Crippen LogP contribution in [0, 0.1) is 0 Å². The zero-order valence-electron chi connectivity index (χ0n) is 7.63. The van der Waals surface area contributed by atoms with Crippen molar-refractivity contribution in [2.75, 3.05) is 0 Å². The summed E-state index contributed by atoms with van der Waals surface area (Å²) in [5, 5.41) is 9.19. The van der Waals surface area contributed by atoms with Gasteiger partial charge in [-0.1, -0.05) is 30.3 Å². The minimum absolute atomic E-state index is 0.218. The highest BCUT2D eigenvalue weighted by atomic mass is 16.4. The first-order chi connectivity index (χ1) is 6.70. The van der Waals surface area contributed by atoms with Crippen molar-refractivity contribution < 1.29 is 9.90 Å². The predicted octanol–water partition coefficient (Wildman–Crippen LogP) is -0.141. The Morgan fingerprint density at radius 2 is 1.79 bits per heavy atom. The van der Waals surface area contributed by atoms with Gasteiger partial charge in [0.1, 0.15) is 0 Å². The molecule has 1 aromatic carbocycles. The molecule has 0 fully saturated rings. The topological polar surface area (TPSA) is 119 Å². The molecule has 0 aliphatic heterocycles. The lowest BCUT2D eigenvalue weighted by Gasteiger charge is -2.11. The van der Waals surface area contributed by atoms with E-state index >= 15 is 0 Å². The van der Waals surface area contributed by atoms with Gasteiger partial charge >= 0.3 is 6.09 Å². The average Bonchev–Trinajstić information content (AvgIpc) is 2.22. The molecule has 0 aromatic heterocycles. The van der Waals surface area contributed by atoms with Crippen molar-refractivity contribution in [3.63, 3.8) is 0 Å². The summed E-state index contributed by atoms with van der Waals surface area (Å²) < 4.78 is 0. The lowest BCUT2D eigenvalue weighted by atomic mass is 10.2. The SMILES string of the molecule is NN.NN(Cc1ccccc1)C(=O)O. The Morgan fingerprint density at radius 3 is 2.21 bits per heavy atom. The molecule has 1 rings (SSSR count). The highest BCUT2D eigenvalue weighted by molar-refractivity contribution is 5.64. The number of carbonyl (C=O) groups is 1. The number of nitrogens with zero attached hydrogens (tertiary/aromatic N) is 1. The third-order valence-corrected chi connectivity index (χ3v) is 1.44. The fourth-order valence-corrected chi connectivity index (χ4v) is 0.848. The van der Waals surface area contributed by atoms with Crippen LogP contribution in [-0.2, 0) is 6.54 Å². The molecule has 1 aromatic rings. The Morgan fingerprint density at radius 1 is 1.29 bits per heavy atom. The molecule has 0 radical (unpaired) electrons. The van der Waals surface area contributed by atoms with Crippen LogP contribution >= 0.6 is 0 Å². The second-order valence-electron chi connectivity index (χ2n) is 2.40. The standard InChI is InChI=1S/C8H10N2O2.H4N2/c9-10(8(11)12)6-7-4-2-1-3-5-7;1-2/h1-5H,6,9H2,(H,11,12);1-2H2. The Kier molecular flexibility index (Phi) is 6.04. The smallest absolute Gasteiger partial charge is 0.421 e. The van der Waals surface area contributed by atoms with E-state index in [1.807, 2.05) is 30.3 Å². The molecule has 0 bridgehead atoms. The summed E-state index contributed by atoms with van der Waals surface area (Å²) in [6.07, 6.45) is -1.13. The van der Waals surface area contributed by atoms with Crippen LogP contribution in [0.2, 0.25) is 0 Å². The van der Waals surface area contributed by atoms with Crippen LogP contribution in [0.3, 0.4) is 0 Å². The van der Waals surface area contributed by atoms with Gasteiger partial charge in [-0.3, -0.25) is 11.7 Å². The lowest BCUT2D eigenvalue weighted by molar-refractivity contribution is 0.143. The second-order valence-corrected chi connectivity index (χ2v) is 2.40. The third kappa shape index (κ3) is 4.41. The first kappa shape index (κ1) is 12.4. The van der Waals surface area contributed by atoms with E-state index in [2.05, 4.69) is 11.7 Å². The highest BCUT2D eigenvalue weighted by Gasteiger charge is 2.05. The van der Waals surface area contributed by atoms with Crippen LogP contribution in [0.15, 0.2) is 30.3 Å². The minimum Gasteiger partial charge on any atom is -0.464 e. The number of benzene rings is 1. The summed E-state index contributed by atoms with van der Waals surface area (Å²) in [5.41, 5.74) is 0.877. The number of rotatable bonds is 2. The summed E-state index contributed by atoms with van der Waals surface area (Å²) in [6.45, 7) is 0.218. The molecule has 78 valence electrons. The highest BCUT2D eigenvalue weighted by Crippen LogP contribution is 2.00. The van der Waals surface area contributed by atoms with Gasteiger partial charge in [0.05, 0.1) is 6.54 Å². The first-order valence-electron chi connectivity index (χ1n) is 3.82. The molecule has 0 spiro atoms. The molecule has 6 heteroatoms. The predicted molar refractivity (Wildman–Crippen MR) is 52.6 cm³/mol. The van der Waals surface area contributed by atoms with Crippen LogP contribution in [0.1, 0.15) is 5.56 Å². The number of amides is 1. The van der Waals surface area contributed by atoms with E-state index < -0.39 is 6.09 Å². The summed E-state index contributed by atoms with van der Waals surface area (Å²) in [5.74, 6) is 13.2. The lowest BCUT2D eigenvalue weighted by Crippen LogP contribution is -2.35. The van der Waals surface area contributed by atoms with Crippen LogP contribution in [0.25, 0.3) is 0 Å². The number of hydrogen-bond acceptors (Lipinski definition) is 4. The first-order valence-corrected chi connectivity index (χ1v) is 3.82. The van der Waals surface area contributed by atoms with Crippen molar-refractivity contribution in [1.82, 2.24) is 5.01 Å². The van der Waals surface area contributed by atoms with E-state index in [0.29, 0.717) is 0 Å². The molecule has 0 heterocycles. The Hall–Kier alpha value is -1.63. The van der Waals surface area contributed by atoms with Gasteiger partial charge in [-0.2, -0.15) is 0 Å². The Balaban J connectivity index is 0.000000791. The maximum atomic E-state index is 10.3. The van der Waals surface area contributed by atoms with E-state index in [1.54, 1.807) is 0 Å². The summed E-state index contributed by atoms with van der Waals surface area (Å²) in [4.78, 5) is 10.3. The molecule has 0 saturated heterocycles. The second kappa shape index (κ2) is 6.84. The van der Waals surface area contributed by atoms with Crippen molar-refractivity contribution in [3.05, 3.63) is 35.9 Å². The van der Waals surface area contributed by atoms with Crippen molar-refractivity contribution in [2.45, 2.75) is 6.54 Å². The van der Waals surface area contributed by atoms with E-state index in [1.165, 1.54) is 0 Å². The normalized spacial score (nSPS) is 8.50. The van der Waals surface area contributed by atoms with Gasteiger partial charge < -0.3 is 5.11 Å². The van der Waals surface area contributed by atoms with Crippen LogP contribution in [-0.4, -0.2) is 16.2 Å². The maximum absolute atomic E-state index is 10.3. The van der Waals surface area contributed by atoms with E-state index in [0.717, 1.165) is 10.6 Å². The van der Waals surface area contributed by atoms with Crippen LogP contribution < -0.4 is 17.5 Å². The fraction of sp³-hybridized carbons (Fsp3) is 0.125. The Bertz CT molecular complexity index is 265. The summed E-state index contributed by atoms with van der Waals surface area (Å²) >= 11 is 0. The molecule has 1 amide bonds. The van der Waals surface area contributed by atoms with Gasteiger partial charge in [0.15, 0.2) is 0 Å². The van der Waals surface area contributed by atoms with E-state index in [9.17, 15) is 4.79 Å². The molecule has 14 heavy (non-hydrogen) atoms. The zero-order chi connectivity index (χ0) is 11.0. The van der Waals surface area contributed by atoms with Gasteiger partial charge in [-0.05, 0) is 5.56 Å². The number of hydrazine groups is 2. The van der Waals surface area contributed by atoms with Crippen molar-refractivity contribution in [1.29, 1.82) is 0 Å². The van der Waals surface area contributed by atoms with Crippen LogP contribution in [0.4, 0.5) is 4.79 Å². The van der Waals surface area contributed by atoms with Crippen LogP contribution in [0.5, 0.6) is 0 Å². The summed E-state index contributed by atoms with van der Waals surface area (Å²) in [6, 6.07) is 9.19. The van der Waals surface area contributed by atoms with Gasteiger partial charge in [0, 0.05) is 0 Å². The molecule has 7 N–H and O–H groups in total. The van der Waals surface area contributed by atoms with Gasteiger partial charge in [0.2, 0.25) is 0 Å². The average molecular weight is 198 g/mol. The van der Waals surface area contributed by atoms with E-state index in [-0.39, 0.29) is 6.54 Å². The van der Waals surface area contributed by atoms with Gasteiger partial charge in [-0.15, -0.1) is 0 Å². The molecule has 0 atom stereocenters. The molecular weight excluding hydrogens is 184 g/mol. The number of hydrogen-bond donors (Lipinski definition) is 4. The largest absolute Gasteiger partial charge is 0.464 e. The minimum atomic E-state index is -1.13. The maximum Gasteiger partial charge on any atom is 0.421 e. The van der Waals surface area contributed by atoms with Crippen molar-refractivity contribution in [3.8, 4) is 0 Å². The summed E-state index contributed by atoms with van der Waals surface area (Å²) in [7, 11) is 0. The molecule has 0 saturated carbocycles. The third-order valence-electron chi connectivity index (χ3n) is 1.44. The number of carboxylic acid groups (broad SMARTS) is 1. The number of nitrogens with two attached hydrogens (primary N) is 3. The monoisotopic (exact) mass is 198 g/mol. The molecule has 0 unspecified atom stereocenters. The van der Waals surface area contributed by atoms with Gasteiger partial charge in [0.25, 0.3) is 0 Å². The fourth-order valence-electron chi connectivity index (χ4n) is 0.848. The molecule has 0 aliphatic rings. The van der Waals surface area contributed by atoms with Crippen molar-refractivity contribution in [2.24, 2.45) is 17.5 Å². The van der Waals surface area contributed by atoms with E-state index in [4.69, 9.17) is 10.9 Å². The quantitative estimate of drug-likeness (QED) is 0.299. The molecule has 6 nitrogen and oxygen atoms in total. The Labute approximate surface area is 81.8 Å². The van der Waals surface area contributed by atoms with Crippen molar-refractivity contribution >= 4 is 6.09 Å². The van der Waals surface area contributed by atoms with Gasteiger partial charge in [-0.25, -0.2) is 15.6 Å². The molecular formula is C8H14N4O2. The molecule has 0 aliphatic carbocycles. The zero-order valence-corrected chi connectivity index (χ0v) is 7.63.